The summed E-state index contributed by atoms with van der Waals surface area (Å²) in [5.74, 6) is -0.440. The molecule has 128 valence electrons. The number of rotatable bonds is 6. The number of halogens is 1. The number of thiazole rings is 1. The number of hydrogen-bond donors (Lipinski definition) is 1. The van der Waals surface area contributed by atoms with Crippen molar-refractivity contribution in [2.45, 2.75) is 25.8 Å². The molecule has 3 rings (SSSR count). The quantitative estimate of drug-likeness (QED) is 0.711. The monoisotopic (exact) mass is 354 g/mol. The average Bonchev–Trinajstić information content (AvgIpc) is 3.05. The van der Waals surface area contributed by atoms with Crippen molar-refractivity contribution < 1.29 is 9.18 Å². The van der Waals surface area contributed by atoms with E-state index in [1.54, 1.807) is 12.1 Å². The molecule has 1 amide bonds. The molecule has 0 radical (unpaired) electrons. The van der Waals surface area contributed by atoms with Crippen molar-refractivity contribution in [3.63, 3.8) is 0 Å². The van der Waals surface area contributed by atoms with Crippen LogP contribution in [0.15, 0.2) is 60.0 Å². The number of carbonyl (C=O) groups is 1. The van der Waals surface area contributed by atoms with Crippen molar-refractivity contribution in [1.82, 2.24) is 10.3 Å². The molecule has 0 saturated carbocycles. The lowest BCUT2D eigenvalue weighted by Gasteiger charge is -2.17. The molecular weight excluding hydrogens is 335 g/mol. The van der Waals surface area contributed by atoms with Crippen molar-refractivity contribution in [2.24, 2.45) is 0 Å². The molecule has 0 fully saturated rings. The maximum atomic E-state index is 13.2. The van der Waals surface area contributed by atoms with Gasteiger partial charge in [0.2, 0.25) is 5.91 Å². The minimum Gasteiger partial charge on any atom is -0.350 e. The number of nitrogens with zero attached hydrogens (tertiary/aromatic N) is 1. The van der Waals surface area contributed by atoms with Gasteiger partial charge < -0.3 is 5.32 Å². The largest absolute Gasteiger partial charge is 0.350 e. The number of carbonyl (C=O) groups excluding carboxylic acids is 1. The Labute approximate surface area is 150 Å². The molecule has 0 aliphatic heterocycles. The second kappa shape index (κ2) is 8.03. The average molecular weight is 354 g/mol. The van der Waals surface area contributed by atoms with Gasteiger partial charge >= 0.3 is 0 Å². The lowest BCUT2D eigenvalue weighted by molar-refractivity contribution is -0.121. The molecule has 2 aromatic carbocycles. The number of nitrogens with one attached hydrogen (secondary N) is 1. The lowest BCUT2D eigenvalue weighted by Crippen LogP contribution is -2.25. The second-order valence-corrected chi connectivity index (χ2v) is 6.82. The van der Waals surface area contributed by atoms with Gasteiger partial charge in [0.05, 0.1) is 6.54 Å². The zero-order valence-corrected chi connectivity index (χ0v) is 14.7. The molecule has 1 heterocycles. The molecule has 1 unspecified atom stereocenters. The van der Waals surface area contributed by atoms with Gasteiger partial charge in [0.15, 0.2) is 0 Å². The summed E-state index contributed by atoms with van der Waals surface area (Å²) in [5.41, 5.74) is 2.92. The van der Waals surface area contributed by atoms with Crippen LogP contribution in [-0.4, -0.2) is 10.9 Å². The Hall–Kier alpha value is -2.53. The highest BCUT2D eigenvalue weighted by Gasteiger charge is 2.18. The molecule has 3 nitrogen and oxygen atoms in total. The fourth-order valence-corrected chi connectivity index (χ4v) is 3.44. The van der Waals surface area contributed by atoms with Gasteiger partial charge in [-0.1, -0.05) is 42.5 Å². The standard InChI is InChI=1S/C20H19FN2OS/c1-14-13-25-20(23-14)12-22-19(24)11-18(15-5-3-2-4-6-15)16-7-9-17(21)10-8-16/h2-10,13,18H,11-12H2,1H3,(H,22,24). The number of benzene rings is 2. The SMILES string of the molecule is Cc1csc(CNC(=O)CC(c2ccccc2)c2ccc(F)cc2)n1. The van der Waals surface area contributed by atoms with E-state index >= 15 is 0 Å². The van der Waals surface area contributed by atoms with Crippen molar-refractivity contribution >= 4 is 17.2 Å². The Morgan fingerprint density at radius 3 is 2.44 bits per heavy atom. The predicted octanol–water partition coefficient (Wildman–Crippen LogP) is 4.43. The maximum Gasteiger partial charge on any atom is 0.221 e. The van der Waals surface area contributed by atoms with E-state index in [1.807, 2.05) is 42.6 Å². The van der Waals surface area contributed by atoms with Crippen LogP contribution in [0.1, 0.15) is 34.2 Å². The Balaban J connectivity index is 1.73. The van der Waals surface area contributed by atoms with Gasteiger partial charge in [-0.05, 0) is 30.2 Å². The second-order valence-electron chi connectivity index (χ2n) is 5.88. The van der Waals surface area contributed by atoms with Crippen LogP contribution in [0, 0.1) is 12.7 Å². The van der Waals surface area contributed by atoms with E-state index in [9.17, 15) is 9.18 Å². The Bertz CT molecular complexity index is 830. The molecular formula is C20H19FN2OS. The van der Waals surface area contributed by atoms with Crippen LogP contribution in [0.3, 0.4) is 0 Å². The van der Waals surface area contributed by atoms with Crippen LogP contribution in [0.25, 0.3) is 0 Å². The number of aromatic nitrogens is 1. The van der Waals surface area contributed by atoms with Gasteiger partial charge in [-0.25, -0.2) is 9.37 Å². The van der Waals surface area contributed by atoms with Gasteiger partial charge in [-0.3, -0.25) is 4.79 Å². The first-order valence-corrected chi connectivity index (χ1v) is 8.98. The smallest absolute Gasteiger partial charge is 0.221 e. The molecule has 0 spiro atoms. The van der Waals surface area contributed by atoms with E-state index in [2.05, 4.69) is 10.3 Å². The predicted molar refractivity (Wildman–Crippen MR) is 98.0 cm³/mol. The summed E-state index contributed by atoms with van der Waals surface area (Å²) in [6.07, 6.45) is 0.306. The number of amides is 1. The third-order valence-electron chi connectivity index (χ3n) is 3.97. The maximum absolute atomic E-state index is 13.2. The third kappa shape index (κ3) is 4.73. The summed E-state index contributed by atoms with van der Waals surface area (Å²) in [7, 11) is 0. The van der Waals surface area contributed by atoms with Gasteiger partial charge in [0.25, 0.3) is 0 Å². The molecule has 3 aromatic rings. The Morgan fingerprint density at radius 1 is 1.12 bits per heavy atom. The summed E-state index contributed by atoms with van der Waals surface area (Å²) < 4.78 is 13.2. The highest BCUT2D eigenvalue weighted by atomic mass is 32.1. The Morgan fingerprint density at radius 2 is 1.80 bits per heavy atom. The first kappa shape index (κ1) is 17.3. The fraction of sp³-hybridized carbons (Fsp3) is 0.200. The van der Waals surface area contributed by atoms with Crippen LogP contribution < -0.4 is 5.32 Å². The third-order valence-corrected chi connectivity index (χ3v) is 4.93. The van der Waals surface area contributed by atoms with Crippen molar-refractivity contribution in [1.29, 1.82) is 0 Å². The van der Waals surface area contributed by atoms with Gasteiger partial charge in [-0.2, -0.15) is 0 Å². The molecule has 25 heavy (non-hydrogen) atoms. The van der Waals surface area contributed by atoms with E-state index < -0.39 is 0 Å². The van der Waals surface area contributed by atoms with Gasteiger partial charge in [0, 0.05) is 23.4 Å². The minimum atomic E-state index is -0.279. The van der Waals surface area contributed by atoms with E-state index in [0.29, 0.717) is 13.0 Å². The van der Waals surface area contributed by atoms with Crippen LogP contribution in [-0.2, 0) is 11.3 Å². The molecule has 1 aromatic heterocycles. The summed E-state index contributed by atoms with van der Waals surface area (Å²) >= 11 is 1.54. The summed E-state index contributed by atoms with van der Waals surface area (Å²) in [6, 6.07) is 16.2. The molecule has 5 heteroatoms. The zero-order chi connectivity index (χ0) is 17.6. The summed E-state index contributed by atoms with van der Waals surface area (Å²) in [4.78, 5) is 16.8. The van der Waals surface area contributed by atoms with Crippen molar-refractivity contribution in [2.75, 3.05) is 0 Å². The first-order valence-electron chi connectivity index (χ1n) is 8.10. The zero-order valence-electron chi connectivity index (χ0n) is 13.9. The molecule has 0 saturated heterocycles. The number of aryl methyl sites for hydroxylation is 1. The van der Waals surface area contributed by atoms with E-state index in [0.717, 1.165) is 21.8 Å². The number of hydrogen-bond acceptors (Lipinski definition) is 3. The van der Waals surface area contributed by atoms with Crippen molar-refractivity contribution in [3.05, 3.63) is 87.6 Å². The molecule has 0 aliphatic rings. The highest BCUT2D eigenvalue weighted by molar-refractivity contribution is 7.09. The highest BCUT2D eigenvalue weighted by Crippen LogP contribution is 2.28. The van der Waals surface area contributed by atoms with Gasteiger partial charge in [-0.15, -0.1) is 11.3 Å². The van der Waals surface area contributed by atoms with E-state index in [-0.39, 0.29) is 17.6 Å². The molecule has 1 atom stereocenters. The normalized spacial score (nSPS) is 11.9. The first-order chi connectivity index (χ1) is 12.1. The van der Waals surface area contributed by atoms with E-state index in [4.69, 9.17) is 0 Å². The minimum absolute atomic E-state index is 0.0500. The molecule has 0 aliphatic carbocycles. The lowest BCUT2D eigenvalue weighted by atomic mass is 9.88. The summed E-state index contributed by atoms with van der Waals surface area (Å²) in [5, 5.41) is 5.79. The van der Waals surface area contributed by atoms with Crippen LogP contribution >= 0.6 is 11.3 Å². The van der Waals surface area contributed by atoms with Crippen molar-refractivity contribution in [3.8, 4) is 0 Å². The fourth-order valence-electron chi connectivity index (χ4n) is 2.72. The summed E-state index contributed by atoms with van der Waals surface area (Å²) in [6.45, 7) is 2.37. The van der Waals surface area contributed by atoms with Crippen LogP contribution in [0.5, 0.6) is 0 Å². The topological polar surface area (TPSA) is 42.0 Å². The van der Waals surface area contributed by atoms with Gasteiger partial charge in [0.1, 0.15) is 10.8 Å². The van der Waals surface area contributed by atoms with Crippen LogP contribution in [0.2, 0.25) is 0 Å². The molecule has 0 bridgehead atoms. The van der Waals surface area contributed by atoms with Crippen LogP contribution in [0.4, 0.5) is 4.39 Å². The van der Waals surface area contributed by atoms with E-state index in [1.165, 1.54) is 23.5 Å². The Kier molecular flexibility index (Phi) is 5.56. The molecule has 1 N–H and O–H groups in total.